The average molecular weight is 353 g/mol. The van der Waals surface area contributed by atoms with Gasteiger partial charge in [0.25, 0.3) is 0 Å². The summed E-state index contributed by atoms with van der Waals surface area (Å²) in [6.45, 7) is 6.27. The van der Waals surface area contributed by atoms with Crippen LogP contribution in [-0.4, -0.2) is 110 Å². The van der Waals surface area contributed by atoms with E-state index in [4.69, 9.17) is 0 Å². The van der Waals surface area contributed by atoms with Gasteiger partial charge in [0, 0.05) is 66.3 Å². The van der Waals surface area contributed by atoms with E-state index in [1.54, 1.807) is 19.0 Å². The molecule has 0 aromatic rings. The van der Waals surface area contributed by atoms with Crippen LogP contribution in [0.1, 0.15) is 19.3 Å². The number of hydrogen-bond donors (Lipinski definition) is 1. The number of amides is 3. The number of likely N-dealkylation sites (tertiary alicyclic amines) is 1. The van der Waals surface area contributed by atoms with E-state index in [2.05, 4.69) is 15.1 Å². The van der Waals surface area contributed by atoms with Crippen molar-refractivity contribution in [1.29, 1.82) is 0 Å². The maximum absolute atomic E-state index is 12.0. The van der Waals surface area contributed by atoms with Gasteiger partial charge in [0.15, 0.2) is 0 Å². The first-order chi connectivity index (χ1) is 12.0. The molecule has 1 N–H and O–H groups in total. The minimum atomic E-state index is 0.0329. The molecule has 0 saturated carbocycles. The summed E-state index contributed by atoms with van der Waals surface area (Å²) in [7, 11) is 3.53. The van der Waals surface area contributed by atoms with Gasteiger partial charge in [-0.05, 0) is 12.8 Å². The van der Waals surface area contributed by atoms with E-state index >= 15 is 0 Å². The number of carbonyl (C=O) groups is 3. The molecule has 2 aliphatic rings. The molecule has 0 bridgehead atoms. The van der Waals surface area contributed by atoms with Crippen molar-refractivity contribution in [2.24, 2.45) is 0 Å². The Morgan fingerprint density at radius 3 is 2.24 bits per heavy atom. The average Bonchev–Trinajstić information content (AvgIpc) is 2.98. The molecule has 2 rings (SSSR count). The molecule has 25 heavy (non-hydrogen) atoms. The molecule has 2 aliphatic heterocycles. The van der Waals surface area contributed by atoms with Crippen LogP contribution in [0.15, 0.2) is 0 Å². The Bertz CT molecular complexity index is 475. The van der Waals surface area contributed by atoms with Gasteiger partial charge in [-0.2, -0.15) is 0 Å². The highest BCUT2D eigenvalue weighted by molar-refractivity contribution is 5.79. The van der Waals surface area contributed by atoms with Crippen LogP contribution in [0, 0.1) is 0 Å². The fraction of sp³-hybridized carbons (Fsp3) is 0.824. The third-order valence-electron chi connectivity index (χ3n) is 4.79. The van der Waals surface area contributed by atoms with Crippen molar-refractivity contribution in [3.8, 4) is 0 Å². The van der Waals surface area contributed by atoms with Gasteiger partial charge in [-0.1, -0.05) is 0 Å². The zero-order valence-corrected chi connectivity index (χ0v) is 15.5. The number of nitrogens with one attached hydrogen (secondary N) is 1. The minimum absolute atomic E-state index is 0.0329. The molecule has 8 heteroatoms. The van der Waals surface area contributed by atoms with E-state index in [0.717, 1.165) is 52.1 Å². The zero-order valence-electron chi connectivity index (χ0n) is 15.5. The lowest BCUT2D eigenvalue weighted by Gasteiger charge is -2.34. The Balaban J connectivity index is 1.54. The Morgan fingerprint density at radius 1 is 1.04 bits per heavy atom. The van der Waals surface area contributed by atoms with Crippen LogP contribution in [0.25, 0.3) is 0 Å². The summed E-state index contributed by atoms with van der Waals surface area (Å²) in [5.41, 5.74) is 0. The molecule has 2 heterocycles. The molecular weight excluding hydrogens is 322 g/mol. The highest BCUT2D eigenvalue weighted by Crippen LogP contribution is 2.09. The molecule has 8 nitrogen and oxygen atoms in total. The first kappa shape index (κ1) is 19.7. The van der Waals surface area contributed by atoms with Crippen molar-refractivity contribution >= 4 is 17.7 Å². The molecule has 2 fully saturated rings. The number of carbonyl (C=O) groups excluding carboxylic acids is 3. The van der Waals surface area contributed by atoms with E-state index < -0.39 is 0 Å². The van der Waals surface area contributed by atoms with Gasteiger partial charge in [-0.3, -0.25) is 24.2 Å². The summed E-state index contributed by atoms with van der Waals surface area (Å²) < 4.78 is 0. The van der Waals surface area contributed by atoms with Crippen molar-refractivity contribution in [3.05, 3.63) is 0 Å². The van der Waals surface area contributed by atoms with E-state index in [1.165, 1.54) is 0 Å². The van der Waals surface area contributed by atoms with E-state index in [9.17, 15) is 14.4 Å². The Hall–Kier alpha value is -1.67. The van der Waals surface area contributed by atoms with E-state index in [0.29, 0.717) is 26.1 Å². The maximum atomic E-state index is 12.0. The van der Waals surface area contributed by atoms with Crippen LogP contribution < -0.4 is 5.32 Å². The van der Waals surface area contributed by atoms with Crippen molar-refractivity contribution in [2.45, 2.75) is 19.3 Å². The van der Waals surface area contributed by atoms with Crippen molar-refractivity contribution in [3.63, 3.8) is 0 Å². The first-order valence-corrected chi connectivity index (χ1v) is 9.15. The number of nitrogens with zero attached hydrogens (tertiary/aromatic N) is 4. The Labute approximate surface area is 150 Å². The summed E-state index contributed by atoms with van der Waals surface area (Å²) >= 11 is 0. The summed E-state index contributed by atoms with van der Waals surface area (Å²) in [6, 6.07) is 0. The van der Waals surface area contributed by atoms with Gasteiger partial charge in [0.2, 0.25) is 17.7 Å². The summed E-state index contributed by atoms with van der Waals surface area (Å²) in [5.74, 6) is 0.380. The number of rotatable bonds is 8. The third-order valence-corrected chi connectivity index (χ3v) is 4.79. The van der Waals surface area contributed by atoms with Crippen LogP contribution in [0.3, 0.4) is 0 Å². The summed E-state index contributed by atoms with van der Waals surface area (Å²) in [6.07, 6.45) is 2.42. The lowest BCUT2D eigenvalue weighted by molar-refractivity contribution is -0.131. The van der Waals surface area contributed by atoms with Crippen LogP contribution in [0.2, 0.25) is 0 Å². The Morgan fingerprint density at radius 2 is 1.68 bits per heavy atom. The normalized spacial score (nSPS) is 19.3. The predicted molar refractivity (Wildman–Crippen MR) is 95.0 cm³/mol. The summed E-state index contributed by atoms with van der Waals surface area (Å²) in [4.78, 5) is 43.0. The van der Waals surface area contributed by atoms with Gasteiger partial charge in [0.1, 0.15) is 0 Å². The van der Waals surface area contributed by atoms with Gasteiger partial charge in [-0.25, -0.2) is 0 Å². The van der Waals surface area contributed by atoms with Crippen molar-refractivity contribution in [2.75, 3.05) is 73.0 Å². The monoisotopic (exact) mass is 353 g/mol. The molecule has 0 aromatic carbocycles. The molecule has 0 spiro atoms. The van der Waals surface area contributed by atoms with Crippen LogP contribution in [0.4, 0.5) is 0 Å². The zero-order chi connectivity index (χ0) is 18.2. The molecule has 0 unspecified atom stereocenters. The maximum Gasteiger partial charge on any atom is 0.236 e. The molecule has 3 amide bonds. The topological polar surface area (TPSA) is 76.2 Å². The second kappa shape index (κ2) is 9.72. The largest absolute Gasteiger partial charge is 0.355 e. The molecule has 0 aliphatic carbocycles. The molecule has 0 atom stereocenters. The fourth-order valence-electron chi connectivity index (χ4n) is 3.14. The van der Waals surface area contributed by atoms with Gasteiger partial charge < -0.3 is 15.1 Å². The lowest BCUT2D eigenvalue weighted by Crippen LogP contribution is -2.51. The second-order valence-corrected chi connectivity index (χ2v) is 7.03. The van der Waals surface area contributed by atoms with Crippen LogP contribution in [-0.2, 0) is 14.4 Å². The van der Waals surface area contributed by atoms with Crippen molar-refractivity contribution in [1.82, 2.24) is 24.9 Å². The smallest absolute Gasteiger partial charge is 0.236 e. The minimum Gasteiger partial charge on any atom is -0.355 e. The van der Waals surface area contributed by atoms with Gasteiger partial charge in [-0.15, -0.1) is 0 Å². The fourth-order valence-corrected chi connectivity index (χ4v) is 3.14. The molecule has 2 saturated heterocycles. The highest BCUT2D eigenvalue weighted by Gasteiger charge is 2.21. The molecule has 0 radical (unpaired) electrons. The third kappa shape index (κ3) is 6.62. The standard InChI is InChI=1S/C17H31N5O3/c1-19(2)17(25)14-21-11-9-20(10-12-21)13-15(23)18-6-4-8-22-7-3-5-16(22)24/h3-14H2,1-2H3,(H,18,23). The van der Waals surface area contributed by atoms with Crippen molar-refractivity contribution < 1.29 is 14.4 Å². The second-order valence-electron chi connectivity index (χ2n) is 7.03. The first-order valence-electron chi connectivity index (χ1n) is 9.15. The summed E-state index contributed by atoms with van der Waals surface area (Å²) in [5, 5.41) is 2.93. The van der Waals surface area contributed by atoms with Crippen LogP contribution >= 0.6 is 0 Å². The van der Waals surface area contributed by atoms with E-state index in [-0.39, 0.29) is 17.7 Å². The predicted octanol–water partition coefficient (Wildman–Crippen LogP) is -1.18. The quantitative estimate of drug-likeness (QED) is 0.556. The Kier molecular flexibility index (Phi) is 7.64. The lowest BCUT2D eigenvalue weighted by atomic mass is 10.3. The van der Waals surface area contributed by atoms with Crippen LogP contribution in [0.5, 0.6) is 0 Å². The van der Waals surface area contributed by atoms with E-state index in [1.807, 2.05) is 4.90 Å². The molecular formula is C17H31N5O3. The SMILES string of the molecule is CN(C)C(=O)CN1CCN(CC(=O)NCCCN2CCCC2=O)CC1. The number of likely N-dealkylation sites (N-methyl/N-ethyl adjacent to an activating group) is 1. The highest BCUT2D eigenvalue weighted by atomic mass is 16.2. The number of hydrogen-bond acceptors (Lipinski definition) is 5. The van der Waals surface area contributed by atoms with Gasteiger partial charge in [0.05, 0.1) is 13.1 Å². The molecule has 142 valence electrons. The number of piperazine rings is 1. The van der Waals surface area contributed by atoms with Gasteiger partial charge >= 0.3 is 0 Å². The molecule has 0 aromatic heterocycles.